The van der Waals surface area contributed by atoms with E-state index in [1.54, 1.807) is 51.1 Å². The van der Waals surface area contributed by atoms with Crippen LogP contribution in [0.15, 0.2) is 41.5 Å². The summed E-state index contributed by atoms with van der Waals surface area (Å²) < 4.78 is 17.4. The Morgan fingerprint density at radius 2 is 1.72 bits per heavy atom. The average Bonchev–Trinajstić information content (AvgIpc) is 3.24. The normalized spacial score (nSPS) is 42.2. The van der Waals surface area contributed by atoms with E-state index in [0.29, 0.717) is 24.0 Å². The highest BCUT2D eigenvalue weighted by molar-refractivity contribution is 5.91. The Hall–Kier alpha value is -2.79. The molecule has 10 nitrogen and oxygen atoms in total. The van der Waals surface area contributed by atoms with Crippen molar-refractivity contribution in [3.8, 4) is 0 Å². The molecule has 1 heterocycles. The molecule has 1 aromatic rings. The van der Waals surface area contributed by atoms with Gasteiger partial charge in [-0.15, -0.1) is 0 Å². The maximum atomic E-state index is 13.8. The van der Waals surface area contributed by atoms with Crippen molar-refractivity contribution in [3.63, 3.8) is 0 Å². The molecule has 2 bridgehead atoms. The number of carbonyl (C=O) groups excluding carboxylic acids is 3. The summed E-state index contributed by atoms with van der Waals surface area (Å²) in [7, 11) is 0. The molecule has 0 radical (unpaired) electrons. The first-order valence-corrected chi connectivity index (χ1v) is 13.2. The Morgan fingerprint density at radius 3 is 2.33 bits per heavy atom. The molecule has 0 amide bonds. The van der Waals surface area contributed by atoms with Crippen molar-refractivity contribution in [2.45, 2.75) is 89.0 Å². The third kappa shape index (κ3) is 3.32. The van der Waals surface area contributed by atoms with Crippen molar-refractivity contribution in [1.82, 2.24) is 0 Å². The molecule has 3 fully saturated rings. The number of fused-ring (bicyclic) bond motifs is 2. The van der Waals surface area contributed by atoms with Crippen LogP contribution < -0.4 is 0 Å². The zero-order valence-electron chi connectivity index (χ0n) is 22.8. The Labute approximate surface area is 226 Å². The van der Waals surface area contributed by atoms with Crippen LogP contribution in [0.2, 0.25) is 0 Å². The van der Waals surface area contributed by atoms with E-state index in [1.807, 2.05) is 0 Å². The first-order valence-electron chi connectivity index (χ1n) is 13.2. The van der Waals surface area contributed by atoms with Crippen molar-refractivity contribution in [2.24, 2.45) is 16.7 Å². The van der Waals surface area contributed by atoms with Crippen molar-refractivity contribution in [3.05, 3.63) is 47.0 Å². The number of cyclic esters (lactones) is 1. The molecule has 39 heavy (non-hydrogen) atoms. The summed E-state index contributed by atoms with van der Waals surface area (Å²) in [6, 6.07) is 8.21. The molecule has 1 saturated heterocycles. The molecule has 0 aromatic heterocycles. The highest BCUT2D eigenvalue weighted by Crippen LogP contribution is 2.74. The minimum absolute atomic E-state index is 0.225. The second-order valence-corrected chi connectivity index (χ2v) is 12.2. The zero-order valence-corrected chi connectivity index (χ0v) is 22.8. The van der Waals surface area contributed by atoms with E-state index in [4.69, 9.17) is 14.2 Å². The van der Waals surface area contributed by atoms with Gasteiger partial charge in [0.15, 0.2) is 5.60 Å². The molecule has 4 N–H and O–H groups in total. The summed E-state index contributed by atoms with van der Waals surface area (Å²) in [4.78, 5) is 39.2. The summed E-state index contributed by atoms with van der Waals surface area (Å²) in [5.74, 6) is -3.91. The van der Waals surface area contributed by atoms with E-state index >= 15 is 0 Å². The van der Waals surface area contributed by atoms with Crippen LogP contribution in [0, 0.1) is 16.7 Å². The Morgan fingerprint density at radius 1 is 1.08 bits per heavy atom. The Kier molecular flexibility index (Phi) is 6.12. The molecular weight excluding hydrogens is 508 g/mol. The lowest BCUT2D eigenvalue weighted by molar-refractivity contribution is -0.340. The monoisotopic (exact) mass is 544 g/mol. The fourth-order valence-corrected chi connectivity index (χ4v) is 8.12. The molecule has 0 unspecified atom stereocenters. The van der Waals surface area contributed by atoms with Crippen molar-refractivity contribution in [1.29, 1.82) is 0 Å². The molecule has 212 valence electrons. The summed E-state index contributed by atoms with van der Waals surface area (Å²) >= 11 is 0. The second-order valence-electron chi connectivity index (χ2n) is 12.2. The maximum absolute atomic E-state index is 13.8. The van der Waals surface area contributed by atoms with Crippen molar-refractivity contribution >= 4 is 17.9 Å². The van der Waals surface area contributed by atoms with E-state index in [9.17, 15) is 34.8 Å². The van der Waals surface area contributed by atoms with Crippen LogP contribution in [0.25, 0.3) is 0 Å². The van der Waals surface area contributed by atoms with Crippen LogP contribution in [0.4, 0.5) is 0 Å². The number of hydrogen-bond donors (Lipinski definition) is 4. The lowest BCUT2D eigenvalue weighted by Crippen LogP contribution is -2.85. The molecule has 0 spiro atoms. The predicted molar refractivity (Wildman–Crippen MR) is 135 cm³/mol. The first-order chi connectivity index (χ1) is 18.1. The number of rotatable bonds is 4. The molecule has 4 aliphatic rings. The van der Waals surface area contributed by atoms with E-state index < -0.39 is 82.8 Å². The summed E-state index contributed by atoms with van der Waals surface area (Å²) in [5, 5.41) is 47.5. The van der Waals surface area contributed by atoms with Crippen LogP contribution in [0.3, 0.4) is 0 Å². The van der Waals surface area contributed by atoms with Crippen LogP contribution >= 0.6 is 0 Å². The largest absolute Gasteiger partial charge is 0.463 e. The van der Waals surface area contributed by atoms with E-state index in [0.717, 1.165) is 6.92 Å². The third-order valence-electron chi connectivity index (χ3n) is 10.1. The molecule has 1 aromatic carbocycles. The number of hydrogen-bond acceptors (Lipinski definition) is 10. The standard InChI is InChI=1S/C29H36O10/c1-15-11-12-27-20(15)29(36,24(34)39-25(27,3)4)26(5)18(31)13-19(32)28(35,14-37-16(2)30)21(26)22(27)38-23(33)17-9-7-6-8-10-17/h6-10,18-19,21-22,31-32,35-36H,11-14H2,1-5H3/t18-,19-,21-,22-,26+,27-,28-,29+/m0/s1. The SMILES string of the molecule is CC(=O)OC[C@@]1(O)[C@H]2[C@H](OC(=O)c3ccccc3)[C@]34CCC(C)=C3[C@@](O)(C(=O)OC4(C)C)[C@]2(C)[C@@H](O)C[C@@H]1O. The molecular formula is C29H36O10. The third-order valence-corrected chi connectivity index (χ3v) is 10.1. The summed E-state index contributed by atoms with van der Waals surface area (Å²) in [6.45, 7) is 6.97. The molecule has 8 atom stereocenters. The van der Waals surface area contributed by atoms with Gasteiger partial charge >= 0.3 is 17.9 Å². The Balaban J connectivity index is 1.82. The van der Waals surface area contributed by atoms with Gasteiger partial charge in [0.2, 0.25) is 0 Å². The maximum Gasteiger partial charge on any atom is 0.343 e. The fourth-order valence-electron chi connectivity index (χ4n) is 8.12. The topological polar surface area (TPSA) is 160 Å². The van der Waals surface area contributed by atoms with Gasteiger partial charge in [-0.05, 0) is 51.3 Å². The number of allylic oxidation sites excluding steroid dienone is 1. The van der Waals surface area contributed by atoms with Crippen LogP contribution in [0.1, 0.15) is 64.2 Å². The van der Waals surface area contributed by atoms with E-state index in [1.165, 1.54) is 6.92 Å². The van der Waals surface area contributed by atoms with Crippen LogP contribution in [0.5, 0.6) is 0 Å². The van der Waals surface area contributed by atoms with Gasteiger partial charge in [-0.2, -0.15) is 0 Å². The average molecular weight is 545 g/mol. The highest BCUT2D eigenvalue weighted by Gasteiger charge is 2.85. The van der Waals surface area contributed by atoms with Crippen LogP contribution in [-0.2, 0) is 23.8 Å². The number of aliphatic hydroxyl groups is 4. The van der Waals surface area contributed by atoms with Gasteiger partial charge in [0.25, 0.3) is 0 Å². The van der Waals surface area contributed by atoms with E-state index in [2.05, 4.69) is 0 Å². The smallest absolute Gasteiger partial charge is 0.343 e. The van der Waals surface area contributed by atoms with Crippen molar-refractivity contribution in [2.75, 3.05) is 6.61 Å². The van der Waals surface area contributed by atoms with Crippen LogP contribution in [-0.4, -0.2) is 80.1 Å². The minimum Gasteiger partial charge on any atom is -0.463 e. The van der Waals surface area contributed by atoms with Crippen molar-refractivity contribution < 1.29 is 49.0 Å². The summed E-state index contributed by atoms with van der Waals surface area (Å²) in [5.41, 5.74) is -8.07. The fraction of sp³-hybridized carbons (Fsp3) is 0.621. The van der Waals surface area contributed by atoms with E-state index in [-0.39, 0.29) is 5.56 Å². The predicted octanol–water partition coefficient (Wildman–Crippen LogP) is 1.43. The minimum atomic E-state index is -2.42. The van der Waals surface area contributed by atoms with Gasteiger partial charge < -0.3 is 34.6 Å². The second kappa shape index (κ2) is 8.60. The van der Waals surface area contributed by atoms with Gasteiger partial charge in [-0.1, -0.05) is 30.7 Å². The molecule has 10 heteroatoms. The lowest BCUT2D eigenvalue weighted by atomic mass is 9.38. The zero-order chi connectivity index (χ0) is 28.8. The summed E-state index contributed by atoms with van der Waals surface area (Å²) in [6.07, 6.45) is -4.20. The number of esters is 3. The lowest BCUT2D eigenvalue weighted by Gasteiger charge is -2.71. The highest BCUT2D eigenvalue weighted by atomic mass is 16.6. The molecule has 2 saturated carbocycles. The van der Waals surface area contributed by atoms with Gasteiger partial charge in [-0.3, -0.25) is 4.79 Å². The molecule has 5 rings (SSSR count). The van der Waals surface area contributed by atoms with Gasteiger partial charge in [0, 0.05) is 24.7 Å². The number of carbonyl (C=O) groups is 3. The first kappa shape index (κ1) is 27.8. The quantitative estimate of drug-likeness (QED) is 0.248. The van der Waals surface area contributed by atoms with Gasteiger partial charge in [0.05, 0.1) is 23.2 Å². The van der Waals surface area contributed by atoms with Gasteiger partial charge in [0.1, 0.15) is 23.9 Å². The number of aliphatic hydroxyl groups excluding tert-OH is 2. The Bertz CT molecular complexity index is 1260. The number of ether oxygens (including phenoxy) is 3. The molecule has 1 aliphatic heterocycles. The van der Waals surface area contributed by atoms with Gasteiger partial charge in [-0.25, -0.2) is 9.59 Å². The number of benzene rings is 1. The molecule has 3 aliphatic carbocycles.